The number of pyridine rings is 1. The maximum atomic E-state index is 12.9. The molecule has 338 valence electrons. The van der Waals surface area contributed by atoms with Gasteiger partial charge in [0.25, 0.3) is 0 Å². The van der Waals surface area contributed by atoms with Gasteiger partial charge >= 0.3 is 17.8 Å². The van der Waals surface area contributed by atoms with Gasteiger partial charge in [-0.05, 0) is 99.2 Å². The third kappa shape index (κ3) is 9.55. The number of nitrogens with zero attached hydrogens (tertiary/aromatic N) is 9. The fourth-order valence-corrected chi connectivity index (χ4v) is 9.35. The van der Waals surface area contributed by atoms with Crippen LogP contribution in [0.2, 0.25) is 5.02 Å². The number of fused-ring (bicyclic) bond motifs is 1. The largest absolute Gasteiger partial charge is 0.371 e. The van der Waals surface area contributed by atoms with E-state index >= 15 is 0 Å². The quantitative estimate of drug-likeness (QED) is 0.116. The molecular formula is C48H55ClN12O4. The summed E-state index contributed by atoms with van der Waals surface area (Å²) >= 11 is 6.64. The highest BCUT2D eigenvalue weighted by atomic mass is 35.5. The second kappa shape index (κ2) is 18.2. The number of piperazine rings is 1. The average molecular weight is 900 g/mol. The van der Waals surface area contributed by atoms with Gasteiger partial charge in [0.05, 0.1) is 22.4 Å². The molecule has 7 heterocycles. The van der Waals surface area contributed by atoms with Crippen molar-refractivity contribution in [2.45, 2.75) is 71.8 Å². The number of piperidine rings is 1. The molecule has 6 aromatic rings. The number of carbonyl (C=O) groups is 3. The summed E-state index contributed by atoms with van der Waals surface area (Å²) < 4.78 is 5.25. The van der Waals surface area contributed by atoms with Gasteiger partial charge in [-0.25, -0.2) is 19.7 Å². The summed E-state index contributed by atoms with van der Waals surface area (Å²) in [6.45, 7) is 17.1. The lowest BCUT2D eigenvalue weighted by Gasteiger charge is -2.37. The number of aromatic amines is 1. The van der Waals surface area contributed by atoms with Crippen LogP contribution in [0.5, 0.6) is 0 Å². The first kappa shape index (κ1) is 43.8. The Kier molecular flexibility index (Phi) is 12.3. The molecule has 1 unspecified atom stereocenters. The Morgan fingerprint density at radius 3 is 2.40 bits per heavy atom. The molecule has 4 aromatic heterocycles. The fraction of sp³-hybridized carbons (Fsp3) is 0.417. The van der Waals surface area contributed by atoms with Crippen molar-refractivity contribution in [2.75, 3.05) is 67.1 Å². The fourth-order valence-electron chi connectivity index (χ4n) is 9.07. The van der Waals surface area contributed by atoms with Gasteiger partial charge in [-0.2, -0.15) is 4.98 Å². The van der Waals surface area contributed by atoms with Gasteiger partial charge in [-0.1, -0.05) is 49.7 Å². The Morgan fingerprint density at radius 2 is 1.71 bits per heavy atom. The van der Waals surface area contributed by atoms with E-state index in [2.05, 4.69) is 74.7 Å². The number of carbonyl (C=O) groups excluding carboxylic acids is 3. The van der Waals surface area contributed by atoms with E-state index in [0.29, 0.717) is 29.0 Å². The van der Waals surface area contributed by atoms with Gasteiger partial charge in [-0.3, -0.25) is 24.7 Å². The van der Waals surface area contributed by atoms with Crippen molar-refractivity contribution in [1.82, 2.24) is 45.6 Å². The van der Waals surface area contributed by atoms with E-state index in [1.165, 1.54) is 11.3 Å². The summed E-state index contributed by atoms with van der Waals surface area (Å²) in [5.74, 6) is 1.42. The van der Waals surface area contributed by atoms with E-state index in [-0.39, 0.29) is 29.7 Å². The number of halogens is 1. The second-order valence-corrected chi connectivity index (χ2v) is 18.9. The number of anilines is 3. The number of benzene rings is 2. The van der Waals surface area contributed by atoms with Crippen molar-refractivity contribution in [3.63, 3.8) is 0 Å². The van der Waals surface area contributed by atoms with Gasteiger partial charge < -0.3 is 24.6 Å². The number of amides is 4. The van der Waals surface area contributed by atoms with E-state index in [4.69, 9.17) is 21.1 Å². The number of hydrogen-bond acceptors (Lipinski definition) is 12. The summed E-state index contributed by atoms with van der Waals surface area (Å²) in [4.78, 5) is 67.6. The molecule has 3 aliphatic heterocycles. The van der Waals surface area contributed by atoms with Crippen LogP contribution in [0.25, 0.3) is 33.5 Å². The second-order valence-electron chi connectivity index (χ2n) is 18.5. The van der Waals surface area contributed by atoms with Crippen LogP contribution in [0.3, 0.4) is 0 Å². The number of aromatic nitrogens is 6. The molecule has 17 heteroatoms. The summed E-state index contributed by atoms with van der Waals surface area (Å²) in [5, 5.41) is 10.8. The minimum atomic E-state index is -0.427. The molecule has 4 amide bonds. The Hall–Kier alpha value is -6.39. The van der Waals surface area contributed by atoms with E-state index in [0.717, 1.165) is 115 Å². The minimum Gasteiger partial charge on any atom is -0.371 e. The van der Waals surface area contributed by atoms with E-state index < -0.39 is 11.9 Å². The number of imide groups is 1. The number of nitrogens with one attached hydrogen (secondary N) is 3. The van der Waals surface area contributed by atoms with Crippen LogP contribution < -0.4 is 25.3 Å². The van der Waals surface area contributed by atoms with Gasteiger partial charge in [0, 0.05) is 91.7 Å². The van der Waals surface area contributed by atoms with Crippen molar-refractivity contribution in [3.05, 3.63) is 95.0 Å². The minimum absolute atomic E-state index is 0.0512. The summed E-state index contributed by atoms with van der Waals surface area (Å²) in [5.41, 5.74) is 7.75. The molecule has 3 saturated heterocycles. The van der Waals surface area contributed by atoms with Gasteiger partial charge in [0.2, 0.25) is 5.91 Å². The molecule has 3 N–H and O–H groups in total. The van der Waals surface area contributed by atoms with Crippen molar-refractivity contribution in [1.29, 1.82) is 0 Å². The monoisotopic (exact) mass is 898 g/mol. The van der Waals surface area contributed by atoms with E-state index in [9.17, 15) is 14.4 Å². The molecule has 0 spiro atoms. The Bertz CT molecular complexity index is 2710. The van der Waals surface area contributed by atoms with Crippen LogP contribution in [0.15, 0.2) is 71.6 Å². The van der Waals surface area contributed by atoms with Crippen molar-refractivity contribution >= 4 is 57.7 Å². The molecule has 2 aromatic carbocycles. The SMILES string of the molecule is Cc1cc(-c2ncnc3[nH]c(-c4ccc(N5CCN(CCC6CCN(c7ccc(N8CCC(=O)NC8=O)c(Cl)c7)CC6)CC5)nc4)cc23)ccc1C(C)NC(=O)c1nc(C(C)(C)C)no1. The van der Waals surface area contributed by atoms with Crippen LogP contribution in [0, 0.1) is 12.8 Å². The van der Waals surface area contributed by atoms with Crippen LogP contribution >= 0.6 is 11.6 Å². The van der Waals surface area contributed by atoms with Crippen LogP contribution in [0.4, 0.5) is 22.0 Å². The smallest absolute Gasteiger partial charge is 0.328 e. The predicted molar refractivity (Wildman–Crippen MR) is 251 cm³/mol. The molecule has 0 radical (unpaired) electrons. The van der Waals surface area contributed by atoms with Crippen LogP contribution in [-0.4, -0.2) is 105 Å². The van der Waals surface area contributed by atoms with E-state index in [1.54, 1.807) is 6.33 Å². The number of rotatable bonds is 11. The van der Waals surface area contributed by atoms with Crippen molar-refractivity contribution < 1.29 is 18.9 Å². The first-order chi connectivity index (χ1) is 31.3. The van der Waals surface area contributed by atoms with E-state index in [1.807, 2.05) is 71.1 Å². The number of H-pyrrole nitrogens is 1. The number of aryl methyl sites for hydroxylation is 1. The molecule has 65 heavy (non-hydrogen) atoms. The maximum Gasteiger partial charge on any atom is 0.328 e. The van der Waals surface area contributed by atoms with Gasteiger partial charge in [0.1, 0.15) is 17.8 Å². The molecule has 0 bridgehead atoms. The summed E-state index contributed by atoms with van der Waals surface area (Å²) in [6.07, 6.45) is 7.22. The average Bonchev–Trinajstić information content (AvgIpc) is 3.99. The topological polar surface area (TPSA) is 182 Å². The number of urea groups is 1. The highest BCUT2D eigenvalue weighted by Crippen LogP contribution is 2.35. The predicted octanol–water partition coefficient (Wildman–Crippen LogP) is 7.70. The van der Waals surface area contributed by atoms with Gasteiger partial charge in [-0.15, -0.1) is 0 Å². The first-order valence-corrected chi connectivity index (χ1v) is 22.8. The highest BCUT2D eigenvalue weighted by molar-refractivity contribution is 6.34. The first-order valence-electron chi connectivity index (χ1n) is 22.5. The zero-order valence-corrected chi connectivity index (χ0v) is 38.3. The normalized spacial score (nSPS) is 17.2. The lowest BCUT2D eigenvalue weighted by Crippen LogP contribution is -2.49. The standard InChI is InChI=1S/C48H55ClN12O4/c1-29-24-32(6-9-35(29)30(2)53-44(63)45-56-46(57-65-45)48(3,4)5)42-36-26-38(54-43(36)52-28-51-42)33-7-11-40(50-27-33)60-22-20-58(21-23-60)16-12-31-13-17-59(18-14-31)34-8-10-39(37(49)25-34)61-19-15-41(62)55-47(61)64/h6-11,24-28,30-31H,12-23H2,1-5H3,(H,53,63)(H,51,52,54)(H,55,62,64). The Morgan fingerprint density at radius 1 is 0.923 bits per heavy atom. The van der Waals surface area contributed by atoms with Gasteiger partial charge in [0.15, 0.2) is 5.82 Å². The molecule has 1 atom stereocenters. The molecule has 16 nitrogen and oxygen atoms in total. The molecule has 0 saturated carbocycles. The van der Waals surface area contributed by atoms with Crippen LogP contribution in [0.1, 0.15) is 87.1 Å². The molecule has 0 aliphatic carbocycles. The summed E-state index contributed by atoms with van der Waals surface area (Å²) in [7, 11) is 0. The summed E-state index contributed by atoms with van der Waals surface area (Å²) in [6, 6.07) is 17.6. The molecule has 9 rings (SSSR count). The lowest BCUT2D eigenvalue weighted by molar-refractivity contribution is -0.120. The van der Waals surface area contributed by atoms with Crippen molar-refractivity contribution in [2.24, 2.45) is 5.92 Å². The van der Waals surface area contributed by atoms with Crippen LogP contribution in [-0.2, 0) is 10.2 Å². The zero-order chi connectivity index (χ0) is 45.4. The Labute approximate surface area is 383 Å². The third-order valence-corrected chi connectivity index (χ3v) is 13.2. The third-order valence-electron chi connectivity index (χ3n) is 12.9. The maximum absolute atomic E-state index is 12.9. The Balaban J connectivity index is 0.753. The number of hydrogen-bond donors (Lipinski definition) is 3. The highest BCUT2D eigenvalue weighted by Gasteiger charge is 2.28. The molecule has 3 aliphatic rings. The molecular weight excluding hydrogens is 844 g/mol. The van der Waals surface area contributed by atoms with Crippen molar-refractivity contribution in [3.8, 4) is 22.5 Å². The lowest BCUT2D eigenvalue weighted by atomic mass is 9.93. The zero-order valence-electron chi connectivity index (χ0n) is 37.5. The molecule has 3 fully saturated rings.